The molecule has 2 heterocycles. The van der Waals surface area contributed by atoms with Crippen molar-refractivity contribution in [1.82, 2.24) is 4.98 Å². The molecule has 1 fully saturated rings. The number of piperazine rings is 1. The molecule has 1 saturated heterocycles. The average molecular weight is 447 g/mol. The van der Waals surface area contributed by atoms with Crippen LogP contribution >= 0.6 is 0 Å². The fraction of sp³-hybridized carbons (Fsp3) is 0.250. The molecule has 32 heavy (non-hydrogen) atoms. The Morgan fingerprint density at radius 1 is 0.812 bits per heavy atom. The molecule has 0 spiro atoms. The van der Waals surface area contributed by atoms with Crippen molar-refractivity contribution in [2.75, 3.05) is 36.0 Å². The fourth-order valence-corrected chi connectivity index (χ4v) is 3.90. The molecule has 12 heteroatoms. The lowest BCUT2D eigenvalue weighted by atomic mass is 10.1. The van der Waals surface area contributed by atoms with Gasteiger partial charge in [0, 0.05) is 61.8 Å². The second-order valence-corrected chi connectivity index (χ2v) is 7.21. The highest BCUT2D eigenvalue weighted by Gasteiger charge is 2.34. The van der Waals surface area contributed by atoms with Crippen LogP contribution in [0.1, 0.15) is 5.56 Å². The first-order valence-corrected chi connectivity index (χ1v) is 9.53. The quantitative estimate of drug-likeness (QED) is 0.431. The van der Waals surface area contributed by atoms with E-state index in [4.69, 9.17) is 0 Å². The first-order chi connectivity index (χ1) is 15.2. The number of hydrogen-bond donors (Lipinski definition) is 0. The first kappa shape index (κ1) is 21.3. The summed E-state index contributed by atoms with van der Waals surface area (Å²) >= 11 is 0. The third-order valence-corrected chi connectivity index (χ3v) is 5.43. The Hall–Kier alpha value is -3.96. The van der Waals surface area contributed by atoms with Gasteiger partial charge in [-0.15, -0.1) is 0 Å². The maximum absolute atomic E-state index is 13.0. The summed E-state index contributed by atoms with van der Waals surface area (Å²) in [6.45, 7) is 1.51. The zero-order chi connectivity index (χ0) is 23.0. The molecule has 0 bridgehead atoms. The highest BCUT2D eigenvalue weighted by Crippen LogP contribution is 2.38. The van der Waals surface area contributed by atoms with Crippen LogP contribution in [0.15, 0.2) is 48.8 Å². The van der Waals surface area contributed by atoms with E-state index in [1.165, 1.54) is 18.5 Å². The van der Waals surface area contributed by atoms with Gasteiger partial charge >= 0.3 is 6.18 Å². The van der Waals surface area contributed by atoms with Crippen LogP contribution in [0.2, 0.25) is 0 Å². The van der Waals surface area contributed by atoms with Crippen LogP contribution in [-0.4, -0.2) is 41.0 Å². The fourth-order valence-electron chi connectivity index (χ4n) is 3.90. The van der Waals surface area contributed by atoms with Gasteiger partial charge in [-0.1, -0.05) is 0 Å². The summed E-state index contributed by atoms with van der Waals surface area (Å²) in [6, 6.07) is 7.27. The van der Waals surface area contributed by atoms with Gasteiger partial charge in [0.2, 0.25) is 0 Å². The minimum absolute atomic E-state index is 0.0594. The lowest BCUT2D eigenvalue weighted by Gasteiger charge is -2.37. The predicted octanol–water partition coefficient (Wildman–Crippen LogP) is 4.40. The smallest absolute Gasteiger partial charge is 0.367 e. The monoisotopic (exact) mass is 447 g/mol. The summed E-state index contributed by atoms with van der Waals surface area (Å²) < 4.78 is 38.9. The van der Waals surface area contributed by atoms with Gasteiger partial charge in [0.25, 0.3) is 11.4 Å². The Bertz CT molecular complexity index is 1210. The molecule has 0 atom stereocenters. The number of alkyl halides is 3. The van der Waals surface area contributed by atoms with Gasteiger partial charge < -0.3 is 9.80 Å². The van der Waals surface area contributed by atoms with E-state index in [1.54, 1.807) is 17.0 Å². The van der Waals surface area contributed by atoms with Crippen molar-refractivity contribution in [3.63, 3.8) is 0 Å². The van der Waals surface area contributed by atoms with Crippen LogP contribution in [0.5, 0.6) is 0 Å². The van der Waals surface area contributed by atoms with Crippen molar-refractivity contribution in [3.05, 3.63) is 74.6 Å². The van der Waals surface area contributed by atoms with Crippen molar-refractivity contribution in [2.45, 2.75) is 6.18 Å². The summed E-state index contributed by atoms with van der Waals surface area (Å²) in [4.78, 5) is 29.0. The summed E-state index contributed by atoms with van der Waals surface area (Å²) in [5.41, 5.74) is -0.844. The number of aromatic nitrogens is 1. The zero-order valence-corrected chi connectivity index (χ0v) is 16.5. The molecule has 9 nitrogen and oxygen atoms in total. The Kier molecular flexibility index (Phi) is 5.28. The Morgan fingerprint density at radius 3 is 2.00 bits per heavy atom. The van der Waals surface area contributed by atoms with E-state index in [2.05, 4.69) is 4.98 Å². The van der Waals surface area contributed by atoms with E-state index in [9.17, 15) is 33.4 Å². The molecule has 0 amide bonds. The Morgan fingerprint density at radius 2 is 1.41 bits per heavy atom. The number of halogens is 3. The number of nitrogens with zero attached hydrogens (tertiary/aromatic N) is 5. The number of hydrogen-bond acceptors (Lipinski definition) is 7. The van der Waals surface area contributed by atoms with Gasteiger partial charge in [0.15, 0.2) is 0 Å². The summed E-state index contributed by atoms with van der Waals surface area (Å²) in [5, 5.41) is 23.8. The third kappa shape index (κ3) is 3.86. The van der Waals surface area contributed by atoms with Gasteiger partial charge in [-0.25, -0.2) is 0 Å². The first-order valence-electron chi connectivity index (χ1n) is 9.53. The van der Waals surface area contributed by atoms with E-state index in [-0.39, 0.29) is 11.4 Å². The molecule has 1 aromatic heterocycles. The number of fused-ring (bicyclic) bond motifs is 1. The number of anilines is 2. The van der Waals surface area contributed by atoms with E-state index in [0.717, 1.165) is 17.8 Å². The Balaban J connectivity index is 1.60. The molecule has 0 N–H and O–H groups in total. The predicted molar refractivity (Wildman–Crippen MR) is 111 cm³/mol. The molecule has 0 radical (unpaired) electrons. The minimum Gasteiger partial charge on any atom is -0.367 e. The number of non-ortho nitro benzene ring substituents is 1. The molecule has 2 aromatic carbocycles. The van der Waals surface area contributed by atoms with Crippen LogP contribution in [0.4, 0.5) is 35.9 Å². The number of nitro benzene ring substituents is 2. The maximum atomic E-state index is 13.0. The molecule has 0 saturated carbocycles. The zero-order valence-electron chi connectivity index (χ0n) is 16.5. The molecule has 4 rings (SSSR count). The number of rotatable bonds is 4. The summed E-state index contributed by atoms with van der Waals surface area (Å²) in [7, 11) is 0. The summed E-state index contributed by atoms with van der Waals surface area (Å²) in [6.07, 6.45) is -1.70. The second kappa shape index (κ2) is 7.94. The third-order valence-electron chi connectivity index (χ3n) is 5.43. The number of nitro groups is 2. The van der Waals surface area contributed by atoms with Crippen molar-refractivity contribution in [2.24, 2.45) is 0 Å². The van der Waals surface area contributed by atoms with Gasteiger partial charge in [-0.05, 0) is 24.3 Å². The molecule has 1 aliphatic rings. The van der Waals surface area contributed by atoms with Crippen LogP contribution in [0, 0.1) is 20.2 Å². The van der Waals surface area contributed by atoms with E-state index in [0.29, 0.717) is 43.0 Å². The topological polar surface area (TPSA) is 106 Å². The second-order valence-electron chi connectivity index (χ2n) is 7.21. The normalized spacial score (nSPS) is 14.6. The lowest BCUT2D eigenvalue weighted by Crippen LogP contribution is -2.46. The SMILES string of the molecule is O=[N+]([O-])c1cc(C(F)(F)F)ccc1N1CCN(c2ccc([N+](=O)[O-])c3cnccc23)CC1. The molecular weight excluding hydrogens is 431 g/mol. The molecule has 0 unspecified atom stereocenters. The highest BCUT2D eigenvalue weighted by atomic mass is 19.4. The van der Waals surface area contributed by atoms with Gasteiger partial charge in [0.1, 0.15) is 5.69 Å². The maximum Gasteiger partial charge on any atom is 0.416 e. The standard InChI is InChI=1S/C20H16F3N5O4/c21-20(22,23)13-1-2-18(19(11-13)28(31)32)26-9-7-25(8-10-26)16-3-4-17(27(29)30)15-12-24-6-5-14(15)16/h1-6,11-12H,7-10H2. The van der Waals surface area contributed by atoms with Gasteiger partial charge in [-0.3, -0.25) is 25.2 Å². The van der Waals surface area contributed by atoms with Crippen molar-refractivity contribution < 1.29 is 23.0 Å². The lowest BCUT2D eigenvalue weighted by molar-refractivity contribution is -0.384. The van der Waals surface area contributed by atoms with Crippen LogP contribution < -0.4 is 9.80 Å². The van der Waals surface area contributed by atoms with E-state index >= 15 is 0 Å². The molecule has 1 aliphatic heterocycles. The molecule has 0 aliphatic carbocycles. The highest BCUT2D eigenvalue weighted by molar-refractivity contribution is 5.99. The molecule has 3 aromatic rings. The van der Waals surface area contributed by atoms with E-state index in [1.807, 2.05) is 4.90 Å². The largest absolute Gasteiger partial charge is 0.416 e. The van der Waals surface area contributed by atoms with Gasteiger partial charge in [0.05, 0.1) is 20.8 Å². The average Bonchev–Trinajstić information content (AvgIpc) is 2.77. The molecule has 166 valence electrons. The van der Waals surface area contributed by atoms with Gasteiger partial charge in [-0.2, -0.15) is 13.2 Å². The Labute approximate surface area is 179 Å². The van der Waals surface area contributed by atoms with Crippen molar-refractivity contribution in [3.8, 4) is 0 Å². The van der Waals surface area contributed by atoms with E-state index < -0.39 is 27.3 Å². The number of pyridine rings is 1. The molecular formula is C20H16F3N5O4. The van der Waals surface area contributed by atoms with Crippen LogP contribution in [0.25, 0.3) is 10.8 Å². The van der Waals surface area contributed by atoms with Crippen molar-refractivity contribution in [1.29, 1.82) is 0 Å². The van der Waals surface area contributed by atoms with Crippen molar-refractivity contribution >= 4 is 33.5 Å². The minimum atomic E-state index is -4.67. The summed E-state index contributed by atoms with van der Waals surface area (Å²) in [5.74, 6) is 0. The van der Waals surface area contributed by atoms with Crippen LogP contribution in [-0.2, 0) is 6.18 Å². The van der Waals surface area contributed by atoms with Crippen LogP contribution in [0.3, 0.4) is 0 Å². The number of benzene rings is 2.